The molecule has 3 rings (SSSR count). The zero-order chi connectivity index (χ0) is 19.8. The highest BCUT2D eigenvalue weighted by Crippen LogP contribution is 2.18. The highest BCUT2D eigenvalue weighted by atomic mass is 19.2. The largest absolute Gasteiger partial charge is 0.494 e. The van der Waals surface area contributed by atoms with E-state index in [0.717, 1.165) is 18.9 Å². The first-order valence-electron chi connectivity index (χ1n) is 8.08. The SMILES string of the molecule is COc1cccc(F)c1F.NC(=O)c1cc(NC(=O)C2CCCO2)ccn1. The number of aromatic nitrogens is 1. The van der Waals surface area contributed by atoms with E-state index in [1.807, 2.05) is 0 Å². The number of nitrogens with two attached hydrogens (primary N) is 1. The molecule has 2 heterocycles. The second-order valence-electron chi connectivity index (χ2n) is 5.54. The molecule has 0 radical (unpaired) electrons. The molecule has 0 saturated carbocycles. The Labute approximate surface area is 154 Å². The van der Waals surface area contributed by atoms with Crippen LogP contribution < -0.4 is 15.8 Å². The number of nitrogens with one attached hydrogen (secondary N) is 1. The Morgan fingerprint density at radius 3 is 2.70 bits per heavy atom. The third kappa shape index (κ3) is 5.71. The maximum absolute atomic E-state index is 12.5. The molecule has 7 nitrogen and oxygen atoms in total. The number of benzene rings is 1. The van der Waals surface area contributed by atoms with Gasteiger partial charge in [0.15, 0.2) is 11.6 Å². The molecule has 1 unspecified atom stereocenters. The molecule has 9 heteroatoms. The van der Waals surface area contributed by atoms with Crippen molar-refractivity contribution in [2.45, 2.75) is 18.9 Å². The van der Waals surface area contributed by atoms with Gasteiger partial charge in [-0.05, 0) is 37.1 Å². The van der Waals surface area contributed by atoms with Crippen LogP contribution >= 0.6 is 0 Å². The van der Waals surface area contributed by atoms with Gasteiger partial charge in [-0.3, -0.25) is 14.6 Å². The van der Waals surface area contributed by atoms with Crippen LogP contribution in [0.1, 0.15) is 23.3 Å². The summed E-state index contributed by atoms with van der Waals surface area (Å²) in [5.41, 5.74) is 5.71. The number of carbonyl (C=O) groups excluding carboxylic acids is 2. The molecule has 144 valence electrons. The van der Waals surface area contributed by atoms with Gasteiger partial charge in [0.25, 0.3) is 11.8 Å². The fraction of sp³-hybridized carbons (Fsp3) is 0.278. The monoisotopic (exact) mass is 379 g/mol. The Morgan fingerprint density at radius 2 is 2.11 bits per heavy atom. The number of nitrogens with zero attached hydrogens (tertiary/aromatic N) is 1. The predicted octanol–water partition coefficient (Wildman–Crippen LogP) is 2.27. The molecule has 1 fully saturated rings. The Bertz CT molecular complexity index is 811. The lowest BCUT2D eigenvalue weighted by molar-refractivity contribution is -0.124. The average Bonchev–Trinajstić information content (AvgIpc) is 3.20. The van der Waals surface area contributed by atoms with Crippen molar-refractivity contribution in [3.63, 3.8) is 0 Å². The lowest BCUT2D eigenvalue weighted by Gasteiger charge is -2.10. The standard InChI is InChI=1S/C11H13N3O3.C7H6F2O/c12-10(15)8-6-7(3-4-13-8)14-11(16)9-2-1-5-17-9;1-10-6-4-2-3-5(8)7(6)9/h3-4,6,9H,1-2,5H2,(H2,12,15)(H,13,14,16);2-4H,1H3. The molecule has 2 aromatic rings. The van der Waals surface area contributed by atoms with Gasteiger partial charge in [0.05, 0.1) is 7.11 Å². The minimum Gasteiger partial charge on any atom is -0.494 e. The summed E-state index contributed by atoms with van der Waals surface area (Å²) in [5.74, 6) is -2.73. The van der Waals surface area contributed by atoms with Gasteiger partial charge in [0.1, 0.15) is 11.8 Å². The van der Waals surface area contributed by atoms with Gasteiger partial charge in [-0.2, -0.15) is 4.39 Å². The number of pyridine rings is 1. The van der Waals surface area contributed by atoms with E-state index in [-0.39, 0.29) is 17.4 Å². The van der Waals surface area contributed by atoms with Crippen molar-refractivity contribution in [2.24, 2.45) is 5.73 Å². The van der Waals surface area contributed by atoms with Gasteiger partial charge < -0.3 is 20.5 Å². The fourth-order valence-electron chi connectivity index (χ4n) is 2.29. The number of methoxy groups -OCH3 is 1. The van der Waals surface area contributed by atoms with Gasteiger partial charge in [-0.25, -0.2) is 4.39 Å². The zero-order valence-electron chi connectivity index (χ0n) is 14.6. The number of hydrogen-bond donors (Lipinski definition) is 2. The second kappa shape index (κ2) is 9.58. The number of hydrogen-bond acceptors (Lipinski definition) is 5. The van der Waals surface area contributed by atoms with Crippen molar-refractivity contribution >= 4 is 17.5 Å². The smallest absolute Gasteiger partial charge is 0.267 e. The van der Waals surface area contributed by atoms with Crippen molar-refractivity contribution < 1.29 is 27.8 Å². The maximum atomic E-state index is 12.5. The first-order valence-corrected chi connectivity index (χ1v) is 8.08. The lowest BCUT2D eigenvalue weighted by atomic mass is 10.2. The molecule has 0 aliphatic carbocycles. The molecule has 1 aliphatic rings. The second-order valence-corrected chi connectivity index (χ2v) is 5.54. The molecule has 2 amide bonds. The third-order valence-corrected chi connectivity index (χ3v) is 3.64. The summed E-state index contributed by atoms with van der Waals surface area (Å²) in [6.07, 6.45) is 2.63. The highest BCUT2D eigenvalue weighted by molar-refractivity contribution is 5.96. The fourth-order valence-corrected chi connectivity index (χ4v) is 2.29. The summed E-state index contributed by atoms with van der Waals surface area (Å²) in [4.78, 5) is 26.4. The predicted molar refractivity (Wildman–Crippen MR) is 93.3 cm³/mol. The van der Waals surface area contributed by atoms with Crippen molar-refractivity contribution in [1.29, 1.82) is 0 Å². The van der Waals surface area contributed by atoms with E-state index in [4.69, 9.17) is 10.5 Å². The van der Waals surface area contributed by atoms with Crippen molar-refractivity contribution in [2.75, 3.05) is 19.0 Å². The van der Waals surface area contributed by atoms with E-state index in [9.17, 15) is 18.4 Å². The number of halogens is 2. The van der Waals surface area contributed by atoms with Gasteiger partial charge in [0, 0.05) is 18.5 Å². The summed E-state index contributed by atoms with van der Waals surface area (Å²) >= 11 is 0. The molecule has 1 aromatic carbocycles. The molecule has 3 N–H and O–H groups in total. The molecular formula is C18H19F2N3O4. The Morgan fingerprint density at radius 1 is 1.33 bits per heavy atom. The number of amides is 2. The van der Waals surface area contributed by atoms with Gasteiger partial charge in [-0.15, -0.1) is 0 Å². The molecule has 1 aromatic heterocycles. The lowest BCUT2D eigenvalue weighted by Crippen LogP contribution is -2.27. The molecule has 0 spiro atoms. The Kier molecular flexibility index (Phi) is 7.18. The summed E-state index contributed by atoms with van der Waals surface area (Å²) in [5, 5.41) is 2.67. The van der Waals surface area contributed by atoms with Crippen LogP contribution in [0.2, 0.25) is 0 Å². The first-order chi connectivity index (χ1) is 12.9. The van der Waals surface area contributed by atoms with Crippen molar-refractivity contribution in [3.05, 3.63) is 53.9 Å². The van der Waals surface area contributed by atoms with E-state index in [0.29, 0.717) is 12.3 Å². The molecule has 1 saturated heterocycles. The molecular weight excluding hydrogens is 360 g/mol. The molecule has 1 atom stereocenters. The molecule has 27 heavy (non-hydrogen) atoms. The third-order valence-electron chi connectivity index (χ3n) is 3.64. The van der Waals surface area contributed by atoms with Crippen LogP contribution in [0.3, 0.4) is 0 Å². The van der Waals surface area contributed by atoms with E-state index in [1.54, 1.807) is 6.07 Å². The van der Waals surface area contributed by atoms with E-state index < -0.39 is 23.6 Å². The maximum Gasteiger partial charge on any atom is 0.267 e. The Balaban J connectivity index is 0.000000223. The van der Waals surface area contributed by atoms with Crippen LogP contribution in [-0.2, 0) is 9.53 Å². The van der Waals surface area contributed by atoms with E-state index >= 15 is 0 Å². The number of primary amides is 1. The number of ether oxygens (including phenoxy) is 2. The van der Waals surface area contributed by atoms with Crippen LogP contribution in [-0.4, -0.2) is 36.6 Å². The Hall–Kier alpha value is -3.07. The van der Waals surface area contributed by atoms with Gasteiger partial charge >= 0.3 is 0 Å². The average molecular weight is 379 g/mol. The van der Waals surface area contributed by atoms with E-state index in [1.165, 1.54) is 31.5 Å². The van der Waals surface area contributed by atoms with Gasteiger partial charge in [-0.1, -0.05) is 6.07 Å². The summed E-state index contributed by atoms with van der Waals surface area (Å²) in [6, 6.07) is 6.82. The minimum absolute atomic E-state index is 0.0694. The van der Waals surface area contributed by atoms with Crippen LogP contribution in [0.4, 0.5) is 14.5 Å². The van der Waals surface area contributed by atoms with Crippen LogP contribution in [0.15, 0.2) is 36.5 Å². The summed E-state index contributed by atoms with van der Waals surface area (Å²) in [6.45, 7) is 0.612. The van der Waals surface area contributed by atoms with Crippen LogP contribution in [0.5, 0.6) is 5.75 Å². The van der Waals surface area contributed by atoms with Gasteiger partial charge in [0.2, 0.25) is 5.82 Å². The normalized spacial score (nSPS) is 15.4. The van der Waals surface area contributed by atoms with Crippen LogP contribution in [0, 0.1) is 11.6 Å². The summed E-state index contributed by atoms with van der Waals surface area (Å²) < 4.78 is 34.6. The number of rotatable bonds is 4. The topological polar surface area (TPSA) is 104 Å². The summed E-state index contributed by atoms with van der Waals surface area (Å²) in [7, 11) is 1.29. The quantitative estimate of drug-likeness (QED) is 0.848. The van der Waals surface area contributed by atoms with Crippen molar-refractivity contribution in [3.8, 4) is 5.75 Å². The first kappa shape index (κ1) is 20.2. The number of carbonyl (C=O) groups is 2. The molecule has 0 bridgehead atoms. The molecule has 1 aliphatic heterocycles. The highest BCUT2D eigenvalue weighted by Gasteiger charge is 2.23. The number of anilines is 1. The van der Waals surface area contributed by atoms with E-state index in [2.05, 4.69) is 15.0 Å². The minimum atomic E-state index is -0.940. The van der Waals surface area contributed by atoms with Crippen molar-refractivity contribution in [1.82, 2.24) is 4.98 Å². The van der Waals surface area contributed by atoms with Crippen LogP contribution in [0.25, 0.3) is 0 Å². The zero-order valence-corrected chi connectivity index (χ0v) is 14.6.